The van der Waals surface area contributed by atoms with E-state index in [0.717, 1.165) is 37.1 Å². The minimum Gasteiger partial charge on any atom is -0.483 e. The fraction of sp³-hybridized carbons (Fsp3) is 0.565. The highest BCUT2D eigenvalue weighted by Crippen LogP contribution is 2.25. The van der Waals surface area contributed by atoms with Crippen LogP contribution >= 0.6 is 21.6 Å². The lowest BCUT2D eigenvalue weighted by Gasteiger charge is -2.26. The van der Waals surface area contributed by atoms with Crippen molar-refractivity contribution in [3.05, 3.63) is 28.8 Å². The molecule has 37 heavy (non-hydrogen) atoms. The summed E-state index contributed by atoms with van der Waals surface area (Å²) in [6.07, 6.45) is -1.67. The first-order chi connectivity index (χ1) is 17.3. The largest absolute Gasteiger partial charge is 0.490 e. The summed E-state index contributed by atoms with van der Waals surface area (Å²) in [7, 11) is 3.04. The van der Waals surface area contributed by atoms with E-state index in [1.165, 1.54) is 17.2 Å². The Hall–Kier alpha value is -2.61. The summed E-state index contributed by atoms with van der Waals surface area (Å²) in [6.45, 7) is 5.87. The predicted octanol–water partition coefficient (Wildman–Crippen LogP) is 3.91. The summed E-state index contributed by atoms with van der Waals surface area (Å²) < 4.78 is 37.5. The molecule has 2 rings (SSSR count). The number of carbonyl (C=O) groups is 4. The van der Waals surface area contributed by atoms with Crippen molar-refractivity contribution in [1.29, 1.82) is 0 Å². The average Bonchev–Trinajstić information content (AvgIpc) is 2.82. The fourth-order valence-electron chi connectivity index (χ4n) is 3.23. The van der Waals surface area contributed by atoms with Gasteiger partial charge in [0.15, 0.2) is 6.61 Å². The zero-order valence-corrected chi connectivity index (χ0v) is 22.2. The lowest BCUT2D eigenvalue weighted by atomic mass is 10.1. The van der Waals surface area contributed by atoms with Gasteiger partial charge in [-0.15, -0.1) is 0 Å². The van der Waals surface area contributed by atoms with Gasteiger partial charge in [-0.25, -0.2) is 4.79 Å². The first-order valence-electron chi connectivity index (χ1n) is 11.4. The number of alkyl halides is 3. The van der Waals surface area contributed by atoms with Gasteiger partial charge in [0.05, 0.1) is 6.42 Å². The van der Waals surface area contributed by atoms with Crippen LogP contribution in [0, 0.1) is 13.8 Å². The van der Waals surface area contributed by atoms with E-state index in [1.807, 2.05) is 18.7 Å². The first kappa shape index (κ1) is 32.4. The zero-order valence-electron chi connectivity index (χ0n) is 20.6. The van der Waals surface area contributed by atoms with Crippen molar-refractivity contribution in [2.45, 2.75) is 45.7 Å². The minimum atomic E-state index is -5.08. The molecule has 2 amide bonds. The number of halogens is 3. The van der Waals surface area contributed by atoms with E-state index in [-0.39, 0.29) is 24.8 Å². The van der Waals surface area contributed by atoms with Gasteiger partial charge in [-0.2, -0.15) is 13.2 Å². The van der Waals surface area contributed by atoms with E-state index in [9.17, 15) is 27.6 Å². The summed E-state index contributed by atoms with van der Waals surface area (Å²) in [5.74, 6) is -1.80. The van der Waals surface area contributed by atoms with Crippen LogP contribution in [0.2, 0.25) is 0 Å². The molecule has 0 saturated carbocycles. The fourth-order valence-corrected chi connectivity index (χ4v) is 5.12. The van der Waals surface area contributed by atoms with Crippen LogP contribution in [-0.2, 0) is 14.4 Å². The number of aliphatic carboxylic acids is 2. The highest BCUT2D eigenvalue weighted by molar-refractivity contribution is 8.76. The van der Waals surface area contributed by atoms with Gasteiger partial charge in [0.25, 0.3) is 11.8 Å². The molecule has 1 saturated heterocycles. The van der Waals surface area contributed by atoms with Crippen LogP contribution in [0.1, 0.15) is 47.2 Å². The molecule has 0 aromatic heterocycles. The predicted molar refractivity (Wildman–Crippen MR) is 135 cm³/mol. The van der Waals surface area contributed by atoms with Gasteiger partial charge in [0, 0.05) is 36.7 Å². The third-order valence-electron chi connectivity index (χ3n) is 4.97. The number of likely N-dealkylation sites (tertiary alicyclic amines) is 1. The maximum Gasteiger partial charge on any atom is 0.490 e. The molecule has 1 aliphatic heterocycles. The van der Waals surface area contributed by atoms with Crippen LogP contribution in [-0.4, -0.2) is 82.8 Å². The zero-order chi connectivity index (χ0) is 28.0. The van der Waals surface area contributed by atoms with Crippen molar-refractivity contribution >= 4 is 45.3 Å². The molecule has 0 radical (unpaired) electrons. The van der Waals surface area contributed by atoms with Crippen LogP contribution in [0.15, 0.2) is 12.1 Å². The number of carbonyl (C=O) groups excluding carboxylic acids is 2. The third-order valence-corrected chi connectivity index (χ3v) is 7.38. The van der Waals surface area contributed by atoms with Crippen molar-refractivity contribution in [1.82, 2.24) is 10.2 Å². The Morgan fingerprint density at radius 3 is 2.05 bits per heavy atom. The molecule has 1 fully saturated rings. The summed E-state index contributed by atoms with van der Waals surface area (Å²) in [5.41, 5.74) is 2.21. The Kier molecular flexibility index (Phi) is 14.3. The molecule has 0 spiro atoms. The number of amides is 2. The second-order valence-electron chi connectivity index (χ2n) is 8.02. The van der Waals surface area contributed by atoms with Crippen LogP contribution in [0.5, 0.6) is 5.75 Å². The van der Waals surface area contributed by atoms with Gasteiger partial charge < -0.3 is 25.2 Å². The molecule has 14 heteroatoms. The lowest BCUT2D eigenvalue weighted by Crippen LogP contribution is -2.38. The lowest BCUT2D eigenvalue weighted by molar-refractivity contribution is -0.192. The van der Waals surface area contributed by atoms with Crippen LogP contribution in [0.3, 0.4) is 0 Å². The number of ether oxygens (including phenoxy) is 1. The van der Waals surface area contributed by atoms with Crippen molar-refractivity contribution in [2.75, 3.05) is 37.7 Å². The summed E-state index contributed by atoms with van der Waals surface area (Å²) >= 11 is 0. The number of aryl methyl sites for hydroxylation is 2. The standard InChI is InChI=1S/C21H30N2O5S2.C2HF3O2/c1-15-12-17(21(27)22-7-11-30-29-10-6-19(25)26)13-16(2)20(15)28-14-18(24)23-8-4-3-5-9-23;3-2(4,5)1(6)7/h12-13H,3-11,14H2,1-2H3,(H,22,27)(H,25,26);(H,6,7). The Morgan fingerprint density at radius 2 is 1.54 bits per heavy atom. The molecule has 0 unspecified atom stereocenters. The smallest absolute Gasteiger partial charge is 0.483 e. The number of nitrogens with one attached hydrogen (secondary N) is 1. The van der Waals surface area contributed by atoms with Crippen molar-refractivity contribution in [2.24, 2.45) is 0 Å². The molecule has 3 N–H and O–H groups in total. The summed E-state index contributed by atoms with van der Waals surface area (Å²) in [4.78, 5) is 45.9. The summed E-state index contributed by atoms with van der Waals surface area (Å²) in [5, 5.41) is 18.6. The van der Waals surface area contributed by atoms with Crippen molar-refractivity contribution in [3.8, 4) is 5.75 Å². The number of nitrogens with zero attached hydrogens (tertiary/aromatic N) is 1. The molecule has 0 aliphatic carbocycles. The van der Waals surface area contributed by atoms with Gasteiger partial charge >= 0.3 is 18.1 Å². The van der Waals surface area contributed by atoms with E-state index in [2.05, 4.69) is 5.32 Å². The van der Waals surface area contributed by atoms with E-state index in [4.69, 9.17) is 19.7 Å². The Bertz CT molecular complexity index is 916. The monoisotopic (exact) mass is 568 g/mol. The molecule has 1 heterocycles. The van der Waals surface area contributed by atoms with E-state index in [1.54, 1.807) is 22.9 Å². The third kappa shape index (κ3) is 13.0. The number of rotatable bonds is 11. The second-order valence-corrected chi connectivity index (χ2v) is 10.7. The van der Waals surface area contributed by atoms with Crippen molar-refractivity contribution < 1.29 is 47.3 Å². The number of carboxylic acid groups (broad SMARTS) is 2. The quantitative estimate of drug-likeness (QED) is 0.268. The minimum absolute atomic E-state index is 0.00837. The summed E-state index contributed by atoms with van der Waals surface area (Å²) in [6, 6.07) is 3.55. The Labute approximate surface area is 220 Å². The first-order valence-corrected chi connectivity index (χ1v) is 13.9. The second kappa shape index (κ2) is 16.3. The topological polar surface area (TPSA) is 133 Å². The van der Waals surface area contributed by atoms with Crippen molar-refractivity contribution in [3.63, 3.8) is 0 Å². The van der Waals surface area contributed by atoms with E-state index in [0.29, 0.717) is 29.4 Å². The highest BCUT2D eigenvalue weighted by Gasteiger charge is 2.38. The molecule has 0 bridgehead atoms. The van der Waals surface area contributed by atoms with Crippen LogP contribution in [0.4, 0.5) is 13.2 Å². The average molecular weight is 569 g/mol. The molecule has 1 aromatic carbocycles. The normalized spacial score (nSPS) is 13.3. The number of hydrogen-bond acceptors (Lipinski definition) is 7. The number of hydrogen-bond donors (Lipinski definition) is 3. The molecule has 0 atom stereocenters. The van der Waals surface area contributed by atoms with Gasteiger partial charge in [-0.05, 0) is 56.4 Å². The maximum atomic E-state index is 12.4. The number of piperidine rings is 1. The van der Waals surface area contributed by atoms with Gasteiger partial charge in [0.2, 0.25) is 0 Å². The number of benzene rings is 1. The molecule has 9 nitrogen and oxygen atoms in total. The highest BCUT2D eigenvalue weighted by atomic mass is 33.1. The van der Waals surface area contributed by atoms with Crippen LogP contribution in [0.25, 0.3) is 0 Å². The van der Waals surface area contributed by atoms with Gasteiger partial charge in [0.1, 0.15) is 5.75 Å². The maximum absolute atomic E-state index is 12.4. The molecule has 1 aliphatic rings. The molecule has 208 valence electrons. The van der Waals surface area contributed by atoms with Gasteiger partial charge in [-0.3, -0.25) is 14.4 Å². The Morgan fingerprint density at radius 1 is 1.00 bits per heavy atom. The van der Waals surface area contributed by atoms with Gasteiger partial charge in [-0.1, -0.05) is 21.6 Å². The van der Waals surface area contributed by atoms with Crippen LogP contribution < -0.4 is 10.1 Å². The SMILES string of the molecule is Cc1cc(C(=O)NCCSSCCC(=O)O)cc(C)c1OCC(=O)N1CCCCC1.O=C(O)C(F)(F)F. The Balaban J connectivity index is 0.000000856. The molecule has 1 aromatic rings. The van der Waals surface area contributed by atoms with E-state index < -0.39 is 18.1 Å². The molecular formula is C23H31F3N2O7S2. The number of carboxylic acids is 2. The molecular weight excluding hydrogens is 537 g/mol. The van der Waals surface area contributed by atoms with E-state index >= 15 is 0 Å².